The van der Waals surface area contributed by atoms with Crippen molar-refractivity contribution in [3.05, 3.63) is 20.8 Å². The molecule has 2 heterocycles. The smallest absolute Gasteiger partial charge is 0.332 e. The molecule has 0 N–H and O–H groups in total. The summed E-state index contributed by atoms with van der Waals surface area (Å²) in [5, 5.41) is 0. The first kappa shape index (κ1) is 15.3. The Labute approximate surface area is 123 Å². The minimum atomic E-state index is -0.355. The number of hydrogen-bond acceptors (Lipinski definition) is 4. The standard InChI is InChI=1S/C14H23N5O2/c1-7-18(8-2)13-15-11-10(19(13)9(3)4)12(20)17(6)14(21)16(11)5/h9H,7-8H2,1-6H3. The molecular weight excluding hydrogens is 270 g/mol. The van der Waals surface area contributed by atoms with Crippen molar-refractivity contribution in [2.75, 3.05) is 18.0 Å². The van der Waals surface area contributed by atoms with Crippen LogP contribution in [0.25, 0.3) is 11.2 Å². The molecule has 0 radical (unpaired) electrons. The first-order chi connectivity index (χ1) is 9.84. The van der Waals surface area contributed by atoms with Crippen LogP contribution in [-0.2, 0) is 14.1 Å². The van der Waals surface area contributed by atoms with Gasteiger partial charge in [0.05, 0.1) is 0 Å². The lowest BCUT2D eigenvalue weighted by molar-refractivity contribution is 0.599. The van der Waals surface area contributed by atoms with Gasteiger partial charge in [0, 0.05) is 33.2 Å². The second-order valence-electron chi connectivity index (χ2n) is 5.43. The molecule has 0 atom stereocenters. The zero-order chi connectivity index (χ0) is 15.9. The van der Waals surface area contributed by atoms with E-state index in [1.807, 2.05) is 32.3 Å². The molecule has 0 unspecified atom stereocenters. The average Bonchev–Trinajstić information content (AvgIpc) is 2.85. The highest BCUT2D eigenvalue weighted by atomic mass is 16.2. The first-order valence-corrected chi connectivity index (χ1v) is 7.27. The van der Waals surface area contributed by atoms with Crippen LogP contribution in [0.5, 0.6) is 0 Å². The molecule has 0 aromatic carbocycles. The third kappa shape index (κ3) is 2.16. The summed E-state index contributed by atoms with van der Waals surface area (Å²) in [5.41, 5.74) is 0.273. The van der Waals surface area contributed by atoms with Crippen molar-refractivity contribution in [1.82, 2.24) is 18.7 Å². The highest BCUT2D eigenvalue weighted by Gasteiger charge is 2.22. The lowest BCUT2D eigenvalue weighted by atomic mass is 10.3. The van der Waals surface area contributed by atoms with Crippen LogP contribution in [-0.4, -0.2) is 31.8 Å². The Hall–Kier alpha value is -2.05. The molecule has 7 nitrogen and oxygen atoms in total. The number of aryl methyl sites for hydroxylation is 1. The fourth-order valence-corrected chi connectivity index (χ4v) is 2.62. The highest BCUT2D eigenvalue weighted by molar-refractivity contribution is 5.74. The summed E-state index contributed by atoms with van der Waals surface area (Å²) in [6.07, 6.45) is 0. The van der Waals surface area contributed by atoms with Gasteiger partial charge in [0.25, 0.3) is 5.56 Å². The maximum Gasteiger partial charge on any atom is 0.332 e. The van der Waals surface area contributed by atoms with Gasteiger partial charge in [-0.25, -0.2) is 4.79 Å². The van der Waals surface area contributed by atoms with Crippen LogP contribution >= 0.6 is 0 Å². The van der Waals surface area contributed by atoms with Crippen LogP contribution in [0.15, 0.2) is 9.59 Å². The summed E-state index contributed by atoms with van der Waals surface area (Å²) in [5.74, 6) is 0.739. The third-order valence-electron chi connectivity index (χ3n) is 3.84. The van der Waals surface area contributed by atoms with E-state index in [-0.39, 0.29) is 17.3 Å². The Kier molecular flexibility index (Phi) is 3.93. The van der Waals surface area contributed by atoms with Gasteiger partial charge in [-0.2, -0.15) is 4.98 Å². The molecule has 0 spiro atoms. The zero-order valence-electron chi connectivity index (χ0n) is 13.5. The van der Waals surface area contributed by atoms with E-state index in [1.165, 1.54) is 11.6 Å². The van der Waals surface area contributed by atoms with Gasteiger partial charge in [-0.05, 0) is 27.7 Å². The quantitative estimate of drug-likeness (QED) is 0.838. The van der Waals surface area contributed by atoms with Gasteiger partial charge < -0.3 is 9.47 Å². The van der Waals surface area contributed by atoms with E-state index in [9.17, 15) is 9.59 Å². The van der Waals surface area contributed by atoms with E-state index in [0.717, 1.165) is 23.6 Å². The summed E-state index contributed by atoms with van der Waals surface area (Å²) < 4.78 is 4.49. The summed E-state index contributed by atoms with van der Waals surface area (Å²) >= 11 is 0. The Morgan fingerprint density at radius 2 is 1.67 bits per heavy atom. The van der Waals surface area contributed by atoms with Crippen LogP contribution in [0, 0.1) is 0 Å². The lowest BCUT2D eigenvalue weighted by Gasteiger charge is -2.22. The summed E-state index contributed by atoms with van der Waals surface area (Å²) in [4.78, 5) is 31.2. The number of hydrogen-bond donors (Lipinski definition) is 0. The minimum absolute atomic E-state index is 0.0794. The van der Waals surface area contributed by atoms with Crippen LogP contribution < -0.4 is 16.1 Å². The molecule has 2 rings (SSSR count). The highest BCUT2D eigenvalue weighted by Crippen LogP contribution is 2.23. The van der Waals surface area contributed by atoms with Crippen LogP contribution in [0.4, 0.5) is 5.95 Å². The van der Waals surface area contributed by atoms with E-state index in [1.54, 1.807) is 7.05 Å². The van der Waals surface area contributed by atoms with Gasteiger partial charge in [0.1, 0.15) is 0 Å². The maximum absolute atomic E-state index is 12.5. The monoisotopic (exact) mass is 293 g/mol. The van der Waals surface area contributed by atoms with Crippen molar-refractivity contribution >= 4 is 17.1 Å². The molecule has 116 valence electrons. The second-order valence-corrected chi connectivity index (χ2v) is 5.43. The van der Waals surface area contributed by atoms with Crippen molar-refractivity contribution in [3.8, 4) is 0 Å². The van der Waals surface area contributed by atoms with E-state index >= 15 is 0 Å². The molecule has 2 aromatic rings. The number of fused-ring (bicyclic) bond motifs is 1. The second kappa shape index (κ2) is 5.38. The lowest BCUT2D eigenvalue weighted by Crippen LogP contribution is -2.37. The normalized spacial score (nSPS) is 11.6. The molecule has 0 bridgehead atoms. The van der Waals surface area contributed by atoms with Crippen LogP contribution in [0.3, 0.4) is 0 Å². The molecule has 0 aliphatic carbocycles. The topological polar surface area (TPSA) is 65.1 Å². The van der Waals surface area contributed by atoms with E-state index < -0.39 is 0 Å². The predicted octanol–water partition coefficient (Wildman–Crippen LogP) is 0.861. The number of imidazole rings is 1. The molecule has 21 heavy (non-hydrogen) atoms. The Balaban J connectivity index is 3.00. The molecule has 0 fully saturated rings. The molecule has 0 amide bonds. The molecule has 0 aliphatic rings. The first-order valence-electron chi connectivity index (χ1n) is 7.27. The van der Waals surface area contributed by atoms with Crippen LogP contribution in [0.1, 0.15) is 33.7 Å². The Morgan fingerprint density at radius 3 is 2.14 bits per heavy atom. The van der Waals surface area contributed by atoms with E-state index in [2.05, 4.69) is 9.88 Å². The minimum Gasteiger partial charge on any atom is -0.343 e. The van der Waals surface area contributed by atoms with Crippen molar-refractivity contribution in [2.45, 2.75) is 33.7 Å². The molecule has 0 saturated heterocycles. The van der Waals surface area contributed by atoms with Gasteiger partial charge in [-0.1, -0.05) is 0 Å². The van der Waals surface area contributed by atoms with Gasteiger partial charge in [0.15, 0.2) is 11.2 Å². The fraction of sp³-hybridized carbons (Fsp3) is 0.643. The van der Waals surface area contributed by atoms with Crippen molar-refractivity contribution in [1.29, 1.82) is 0 Å². The molecule has 7 heteroatoms. The molecule has 0 aliphatic heterocycles. The predicted molar refractivity (Wildman–Crippen MR) is 84.2 cm³/mol. The van der Waals surface area contributed by atoms with Gasteiger partial charge in [-0.3, -0.25) is 13.9 Å². The Morgan fingerprint density at radius 1 is 1.10 bits per heavy atom. The van der Waals surface area contributed by atoms with E-state index in [4.69, 9.17) is 0 Å². The zero-order valence-corrected chi connectivity index (χ0v) is 13.5. The SMILES string of the molecule is CCN(CC)c1nc2c(c(=O)n(C)c(=O)n2C)n1C(C)C. The number of aromatic nitrogens is 4. The van der Waals surface area contributed by atoms with Crippen LogP contribution in [0.2, 0.25) is 0 Å². The van der Waals surface area contributed by atoms with Crippen molar-refractivity contribution in [2.24, 2.45) is 14.1 Å². The Bertz CT molecular complexity index is 777. The number of nitrogens with zero attached hydrogens (tertiary/aromatic N) is 5. The average molecular weight is 293 g/mol. The fourth-order valence-electron chi connectivity index (χ4n) is 2.62. The van der Waals surface area contributed by atoms with E-state index in [0.29, 0.717) is 11.2 Å². The maximum atomic E-state index is 12.5. The van der Waals surface area contributed by atoms with Crippen molar-refractivity contribution in [3.63, 3.8) is 0 Å². The van der Waals surface area contributed by atoms with Crippen molar-refractivity contribution < 1.29 is 0 Å². The van der Waals surface area contributed by atoms with Gasteiger partial charge >= 0.3 is 5.69 Å². The van der Waals surface area contributed by atoms with Gasteiger partial charge in [-0.15, -0.1) is 0 Å². The molecule has 2 aromatic heterocycles. The molecule has 0 saturated carbocycles. The summed E-state index contributed by atoms with van der Waals surface area (Å²) in [7, 11) is 3.15. The summed E-state index contributed by atoms with van der Waals surface area (Å²) in [6, 6.07) is 0.0794. The summed E-state index contributed by atoms with van der Waals surface area (Å²) in [6.45, 7) is 9.70. The third-order valence-corrected chi connectivity index (χ3v) is 3.84. The largest absolute Gasteiger partial charge is 0.343 e. The number of anilines is 1. The number of rotatable bonds is 4. The molecular formula is C14H23N5O2. The van der Waals surface area contributed by atoms with Gasteiger partial charge in [0.2, 0.25) is 5.95 Å².